The zero-order chi connectivity index (χ0) is 18.5. The number of ether oxygens (including phenoxy) is 1. The van der Waals surface area contributed by atoms with Crippen LogP contribution in [-0.4, -0.2) is 18.9 Å². The van der Waals surface area contributed by atoms with Crippen molar-refractivity contribution >= 4 is 11.8 Å². The number of aryl methyl sites for hydroxylation is 1. The van der Waals surface area contributed by atoms with Gasteiger partial charge in [-0.3, -0.25) is 9.59 Å². The smallest absolute Gasteiger partial charge is 0.222 e. The van der Waals surface area contributed by atoms with E-state index in [1.54, 1.807) is 7.11 Å². The van der Waals surface area contributed by atoms with Crippen LogP contribution in [0.4, 0.5) is 0 Å². The summed E-state index contributed by atoms with van der Waals surface area (Å²) >= 11 is 0. The molecular formula is C21H24N2O3. The van der Waals surface area contributed by atoms with Crippen molar-refractivity contribution in [1.29, 1.82) is 0 Å². The summed E-state index contributed by atoms with van der Waals surface area (Å²) in [7, 11) is 1.60. The Hall–Kier alpha value is -2.82. The molecule has 1 aliphatic rings. The number of amides is 2. The van der Waals surface area contributed by atoms with E-state index in [1.807, 2.05) is 36.4 Å². The molecule has 5 nitrogen and oxygen atoms in total. The van der Waals surface area contributed by atoms with E-state index in [0.29, 0.717) is 0 Å². The minimum Gasteiger partial charge on any atom is -0.497 e. The number of carbonyl (C=O) groups excluding carboxylic acids is 2. The predicted molar refractivity (Wildman–Crippen MR) is 99.8 cm³/mol. The van der Waals surface area contributed by atoms with E-state index < -0.39 is 0 Å². The molecule has 3 rings (SSSR count). The molecule has 2 aromatic carbocycles. The molecule has 0 bridgehead atoms. The van der Waals surface area contributed by atoms with Crippen LogP contribution in [0.3, 0.4) is 0 Å². The van der Waals surface area contributed by atoms with Crippen LogP contribution in [0.1, 0.15) is 48.5 Å². The molecule has 0 radical (unpaired) electrons. The highest BCUT2D eigenvalue weighted by Gasteiger charge is 2.25. The van der Waals surface area contributed by atoms with Crippen LogP contribution >= 0.6 is 0 Å². The fourth-order valence-corrected chi connectivity index (χ4v) is 3.48. The fourth-order valence-electron chi connectivity index (χ4n) is 3.48. The van der Waals surface area contributed by atoms with Crippen LogP contribution in [0, 0.1) is 0 Å². The Morgan fingerprint density at radius 1 is 1.15 bits per heavy atom. The summed E-state index contributed by atoms with van der Waals surface area (Å²) in [6.07, 6.45) is 2.09. The number of benzene rings is 2. The Bertz CT molecular complexity index is 786. The number of hydrogen-bond acceptors (Lipinski definition) is 3. The largest absolute Gasteiger partial charge is 0.497 e. The average Bonchev–Trinajstić information content (AvgIpc) is 3.04. The lowest BCUT2D eigenvalue weighted by Crippen LogP contribution is -2.34. The Morgan fingerprint density at radius 3 is 2.58 bits per heavy atom. The molecule has 0 fully saturated rings. The molecule has 0 saturated heterocycles. The second kappa shape index (κ2) is 8.04. The van der Waals surface area contributed by atoms with Gasteiger partial charge < -0.3 is 15.4 Å². The lowest BCUT2D eigenvalue weighted by atomic mass is 10.0. The number of nitrogens with one attached hydrogen (secondary N) is 2. The lowest BCUT2D eigenvalue weighted by Gasteiger charge is -2.20. The van der Waals surface area contributed by atoms with Gasteiger partial charge in [-0.1, -0.05) is 36.4 Å². The first kappa shape index (κ1) is 18.0. The summed E-state index contributed by atoms with van der Waals surface area (Å²) in [4.78, 5) is 24.2. The van der Waals surface area contributed by atoms with E-state index in [2.05, 4.69) is 22.8 Å². The molecule has 0 aliphatic heterocycles. The van der Waals surface area contributed by atoms with Crippen molar-refractivity contribution in [3.8, 4) is 5.75 Å². The molecule has 0 saturated carbocycles. The van der Waals surface area contributed by atoms with Gasteiger partial charge in [0.2, 0.25) is 11.8 Å². The molecule has 2 N–H and O–H groups in total. The van der Waals surface area contributed by atoms with Gasteiger partial charge in [0.25, 0.3) is 0 Å². The normalized spacial score (nSPS) is 16.5. The first-order valence-electron chi connectivity index (χ1n) is 8.85. The van der Waals surface area contributed by atoms with E-state index in [1.165, 1.54) is 18.1 Å². The lowest BCUT2D eigenvalue weighted by molar-refractivity contribution is -0.123. The summed E-state index contributed by atoms with van der Waals surface area (Å²) in [6.45, 7) is 1.46. The van der Waals surface area contributed by atoms with Crippen molar-refractivity contribution in [1.82, 2.24) is 10.6 Å². The Labute approximate surface area is 153 Å². The van der Waals surface area contributed by atoms with Gasteiger partial charge in [-0.15, -0.1) is 0 Å². The Balaban J connectivity index is 1.68. The summed E-state index contributed by atoms with van der Waals surface area (Å²) in [5, 5.41) is 5.98. The Kier molecular flexibility index (Phi) is 5.56. The molecule has 2 aromatic rings. The van der Waals surface area contributed by atoms with Crippen LogP contribution in [0.15, 0.2) is 48.5 Å². The molecule has 2 atom stereocenters. The summed E-state index contributed by atoms with van der Waals surface area (Å²) in [5.74, 6) is 0.508. The molecule has 0 heterocycles. The molecule has 136 valence electrons. The van der Waals surface area contributed by atoms with E-state index in [4.69, 9.17) is 4.74 Å². The topological polar surface area (TPSA) is 67.4 Å². The van der Waals surface area contributed by atoms with Crippen LogP contribution in [0.5, 0.6) is 5.75 Å². The van der Waals surface area contributed by atoms with Crippen LogP contribution < -0.4 is 15.4 Å². The summed E-state index contributed by atoms with van der Waals surface area (Å²) in [6, 6.07) is 15.3. The maximum Gasteiger partial charge on any atom is 0.222 e. The van der Waals surface area contributed by atoms with Crippen LogP contribution in [0.25, 0.3) is 0 Å². The average molecular weight is 352 g/mol. The van der Waals surface area contributed by atoms with Crippen molar-refractivity contribution in [3.05, 3.63) is 65.2 Å². The van der Waals surface area contributed by atoms with E-state index in [0.717, 1.165) is 24.2 Å². The highest BCUT2D eigenvalue weighted by molar-refractivity contribution is 5.79. The number of hydrogen-bond donors (Lipinski definition) is 2. The second-order valence-corrected chi connectivity index (χ2v) is 6.59. The molecular weight excluding hydrogens is 328 g/mol. The van der Waals surface area contributed by atoms with Gasteiger partial charge in [-0.25, -0.2) is 0 Å². The predicted octanol–water partition coefficient (Wildman–Crippen LogP) is 3.07. The minimum absolute atomic E-state index is 0.0487. The SMILES string of the molecule is COc1ccc([C@H](CC(=O)N[C@H]2CCc3ccccc32)NC(C)=O)cc1. The third kappa shape index (κ3) is 4.23. The first-order valence-corrected chi connectivity index (χ1v) is 8.85. The number of rotatable bonds is 6. The highest BCUT2D eigenvalue weighted by atomic mass is 16.5. The monoisotopic (exact) mass is 352 g/mol. The Morgan fingerprint density at radius 2 is 1.88 bits per heavy atom. The van der Waals surface area contributed by atoms with Gasteiger partial charge in [-0.05, 0) is 41.7 Å². The van der Waals surface area contributed by atoms with Gasteiger partial charge in [0.15, 0.2) is 0 Å². The minimum atomic E-state index is -0.366. The third-order valence-electron chi connectivity index (χ3n) is 4.75. The van der Waals surface area contributed by atoms with Gasteiger partial charge in [0.1, 0.15) is 5.75 Å². The molecule has 5 heteroatoms. The molecule has 0 spiro atoms. The van der Waals surface area contributed by atoms with Crippen molar-refractivity contribution in [2.45, 2.75) is 38.3 Å². The number of methoxy groups -OCH3 is 1. The van der Waals surface area contributed by atoms with Gasteiger partial charge >= 0.3 is 0 Å². The zero-order valence-corrected chi connectivity index (χ0v) is 15.1. The molecule has 1 aliphatic carbocycles. The third-order valence-corrected chi connectivity index (χ3v) is 4.75. The van der Waals surface area contributed by atoms with Gasteiger partial charge in [0, 0.05) is 6.92 Å². The van der Waals surface area contributed by atoms with Crippen molar-refractivity contribution in [2.24, 2.45) is 0 Å². The van der Waals surface area contributed by atoms with Crippen LogP contribution in [0.2, 0.25) is 0 Å². The standard InChI is InChI=1S/C21H24N2O3/c1-14(24)22-20(16-7-10-17(26-2)11-8-16)13-21(25)23-19-12-9-15-5-3-4-6-18(15)19/h3-8,10-11,19-20H,9,12-13H2,1-2H3,(H,22,24)(H,23,25)/t19-,20-/m0/s1. The van der Waals surface area contributed by atoms with E-state index in [-0.39, 0.29) is 30.3 Å². The van der Waals surface area contributed by atoms with Crippen molar-refractivity contribution in [2.75, 3.05) is 7.11 Å². The quantitative estimate of drug-likeness (QED) is 0.840. The molecule has 0 aromatic heterocycles. The molecule has 2 amide bonds. The zero-order valence-electron chi connectivity index (χ0n) is 15.1. The molecule has 26 heavy (non-hydrogen) atoms. The maximum absolute atomic E-state index is 12.6. The van der Waals surface area contributed by atoms with Crippen molar-refractivity contribution < 1.29 is 14.3 Å². The molecule has 0 unspecified atom stereocenters. The first-order chi connectivity index (χ1) is 12.6. The van der Waals surface area contributed by atoms with Crippen molar-refractivity contribution in [3.63, 3.8) is 0 Å². The number of fused-ring (bicyclic) bond motifs is 1. The summed E-state index contributed by atoms with van der Waals surface area (Å²) in [5.41, 5.74) is 3.37. The van der Waals surface area contributed by atoms with Crippen LogP contribution in [-0.2, 0) is 16.0 Å². The second-order valence-electron chi connectivity index (χ2n) is 6.59. The summed E-state index contributed by atoms with van der Waals surface area (Å²) < 4.78 is 5.17. The van der Waals surface area contributed by atoms with Gasteiger partial charge in [0.05, 0.1) is 25.6 Å². The highest BCUT2D eigenvalue weighted by Crippen LogP contribution is 2.31. The number of carbonyl (C=O) groups is 2. The fraction of sp³-hybridized carbons (Fsp3) is 0.333. The van der Waals surface area contributed by atoms with E-state index in [9.17, 15) is 9.59 Å². The van der Waals surface area contributed by atoms with E-state index >= 15 is 0 Å². The maximum atomic E-state index is 12.6. The van der Waals surface area contributed by atoms with Gasteiger partial charge in [-0.2, -0.15) is 0 Å².